The summed E-state index contributed by atoms with van der Waals surface area (Å²) < 4.78 is 11.5. The first kappa shape index (κ1) is 15.1. The van der Waals surface area contributed by atoms with Gasteiger partial charge in [0, 0.05) is 5.56 Å². The maximum Gasteiger partial charge on any atom is 0.165 e. The van der Waals surface area contributed by atoms with Crippen LogP contribution in [0.1, 0.15) is 31.9 Å². The van der Waals surface area contributed by atoms with Gasteiger partial charge in [-0.25, -0.2) is 0 Å². The Balaban J connectivity index is 3.31. The molecule has 1 aromatic carbocycles. The molecule has 0 aromatic heterocycles. The van der Waals surface area contributed by atoms with Crippen molar-refractivity contribution in [2.45, 2.75) is 33.3 Å². The molecule has 4 nitrogen and oxygen atoms in total. The number of rotatable bonds is 7. The van der Waals surface area contributed by atoms with E-state index in [0.29, 0.717) is 18.8 Å². The first-order chi connectivity index (χ1) is 9.12. The summed E-state index contributed by atoms with van der Waals surface area (Å²) in [5.41, 5.74) is 1.91. The molecule has 4 heteroatoms. The molecule has 19 heavy (non-hydrogen) atoms. The summed E-state index contributed by atoms with van der Waals surface area (Å²) >= 11 is 0. The molecule has 0 amide bonds. The molecule has 0 aliphatic heterocycles. The molecule has 0 fully saturated rings. The van der Waals surface area contributed by atoms with E-state index in [-0.39, 0.29) is 6.10 Å². The van der Waals surface area contributed by atoms with Gasteiger partial charge in [0.05, 0.1) is 18.9 Å². The van der Waals surface area contributed by atoms with Gasteiger partial charge in [-0.15, -0.1) is 6.58 Å². The highest BCUT2D eigenvalue weighted by Crippen LogP contribution is 2.34. The Kier molecular flexibility index (Phi) is 5.93. The summed E-state index contributed by atoms with van der Waals surface area (Å²) in [4.78, 5) is 0. The Hall–Kier alpha value is -1.97. The summed E-state index contributed by atoms with van der Waals surface area (Å²) in [7, 11) is 0. The molecule has 104 valence electrons. The lowest BCUT2D eigenvalue weighted by atomic mass is 10.1. The minimum Gasteiger partial charge on any atom is -0.490 e. The monoisotopic (exact) mass is 262 g/mol. The Morgan fingerprint density at radius 1 is 1.42 bits per heavy atom. The molecule has 1 aromatic rings. The molecule has 2 N–H and O–H groups in total. The van der Waals surface area contributed by atoms with Crippen LogP contribution in [0.3, 0.4) is 0 Å². The van der Waals surface area contributed by atoms with Crippen LogP contribution in [0.2, 0.25) is 0 Å². The van der Waals surface area contributed by atoms with Gasteiger partial charge in [0.25, 0.3) is 0 Å². The number of nitrogens with zero attached hydrogens (tertiary/aromatic N) is 1. The van der Waals surface area contributed by atoms with Gasteiger partial charge in [-0.1, -0.05) is 6.08 Å². The minimum absolute atomic E-state index is 0.0804. The Morgan fingerprint density at radius 2 is 2.16 bits per heavy atom. The van der Waals surface area contributed by atoms with Gasteiger partial charge in [0.2, 0.25) is 0 Å². The van der Waals surface area contributed by atoms with Crippen molar-refractivity contribution in [1.29, 1.82) is 0 Å². The van der Waals surface area contributed by atoms with Gasteiger partial charge in [-0.2, -0.15) is 5.10 Å². The Morgan fingerprint density at radius 3 is 2.68 bits per heavy atom. The van der Waals surface area contributed by atoms with Crippen LogP contribution in [0.25, 0.3) is 0 Å². The largest absolute Gasteiger partial charge is 0.490 e. The molecule has 0 atom stereocenters. The van der Waals surface area contributed by atoms with E-state index < -0.39 is 0 Å². The lowest BCUT2D eigenvalue weighted by molar-refractivity contribution is 0.222. The molecule has 0 bridgehead atoms. The second-order valence-corrected chi connectivity index (χ2v) is 4.38. The van der Waals surface area contributed by atoms with Crippen LogP contribution in [-0.2, 0) is 6.42 Å². The van der Waals surface area contributed by atoms with Crippen LogP contribution in [0, 0.1) is 0 Å². The molecule has 1 rings (SSSR count). The topological polar surface area (TPSA) is 56.8 Å². The van der Waals surface area contributed by atoms with Crippen LogP contribution < -0.4 is 15.3 Å². The van der Waals surface area contributed by atoms with Gasteiger partial charge in [-0.3, -0.25) is 0 Å². The number of hydrogen-bond acceptors (Lipinski definition) is 4. The van der Waals surface area contributed by atoms with E-state index >= 15 is 0 Å². The third-order valence-electron chi connectivity index (χ3n) is 2.40. The standard InChI is InChI=1S/C15H22N2O2/c1-5-7-13-8-12(10-17-16)9-14(18-6-2)15(13)19-11(3)4/h5,8-11H,1,6-7,16H2,2-4H3. The van der Waals surface area contributed by atoms with Crippen molar-refractivity contribution in [1.82, 2.24) is 0 Å². The molecule has 0 spiro atoms. The van der Waals surface area contributed by atoms with Gasteiger partial charge in [0.1, 0.15) is 0 Å². The van der Waals surface area contributed by atoms with Gasteiger partial charge >= 0.3 is 0 Å². The number of allylic oxidation sites excluding steroid dienone is 1. The highest BCUT2D eigenvalue weighted by molar-refractivity contribution is 5.81. The second-order valence-electron chi connectivity index (χ2n) is 4.38. The first-order valence-electron chi connectivity index (χ1n) is 6.42. The number of benzene rings is 1. The maximum absolute atomic E-state index is 5.87. The first-order valence-corrected chi connectivity index (χ1v) is 6.42. The maximum atomic E-state index is 5.87. The predicted molar refractivity (Wildman–Crippen MR) is 79.1 cm³/mol. The normalized spacial score (nSPS) is 10.9. The molecular weight excluding hydrogens is 240 g/mol. The lowest BCUT2D eigenvalue weighted by Crippen LogP contribution is -2.10. The van der Waals surface area contributed by atoms with Crippen molar-refractivity contribution in [3.63, 3.8) is 0 Å². The van der Waals surface area contributed by atoms with Crippen molar-refractivity contribution < 1.29 is 9.47 Å². The van der Waals surface area contributed by atoms with E-state index in [9.17, 15) is 0 Å². The molecule has 0 saturated heterocycles. The van der Waals surface area contributed by atoms with E-state index in [2.05, 4.69) is 11.7 Å². The zero-order valence-electron chi connectivity index (χ0n) is 11.8. The quantitative estimate of drug-likeness (QED) is 0.356. The Labute approximate surface area is 114 Å². The van der Waals surface area contributed by atoms with Crippen LogP contribution >= 0.6 is 0 Å². The van der Waals surface area contributed by atoms with Gasteiger partial charge in [0.15, 0.2) is 11.5 Å². The third-order valence-corrected chi connectivity index (χ3v) is 2.40. The molecular formula is C15H22N2O2. The van der Waals surface area contributed by atoms with Crippen molar-refractivity contribution in [3.05, 3.63) is 35.9 Å². The number of hydrogen-bond donors (Lipinski definition) is 1. The lowest BCUT2D eigenvalue weighted by Gasteiger charge is -2.18. The summed E-state index contributed by atoms with van der Waals surface area (Å²) in [5.74, 6) is 6.69. The van der Waals surface area contributed by atoms with Gasteiger partial charge < -0.3 is 15.3 Å². The van der Waals surface area contributed by atoms with Crippen molar-refractivity contribution in [3.8, 4) is 11.5 Å². The average Bonchev–Trinajstić information content (AvgIpc) is 2.34. The van der Waals surface area contributed by atoms with Crippen LogP contribution in [0.5, 0.6) is 11.5 Å². The zero-order chi connectivity index (χ0) is 14.3. The summed E-state index contributed by atoms with van der Waals surface area (Å²) in [5, 5.41) is 3.55. The van der Waals surface area contributed by atoms with Gasteiger partial charge in [-0.05, 0) is 44.9 Å². The van der Waals surface area contributed by atoms with Crippen molar-refractivity contribution in [2.75, 3.05) is 6.61 Å². The fraction of sp³-hybridized carbons (Fsp3) is 0.400. The fourth-order valence-corrected chi connectivity index (χ4v) is 1.78. The second kappa shape index (κ2) is 7.46. The SMILES string of the molecule is C=CCc1cc(C=NN)cc(OCC)c1OC(C)C. The van der Waals surface area contributed by atoms with Crippen LogP contribution in [0.4, 0.5) is 0 Å². The number of nitrogens with two attached hydrogens (primary N) is 1. The van der Waals surface area contributed by atoms with Crippen molar-refractivity contribution in [2.24, 2.45) is 10.9 Å². The average molecular weight is 262 g/mol. The predicted octanol–water partition coefficient (Wildman–Crippen LogP) is 2.89. The fourth-order valence-electron chi connectivity index (χ4n) is 1.78. The summed E-state index contributed by atoms with van der Waals surface area (Å²) in [6, 6.07) is 3.86. The molecule has 0 heterocycles. The smallest absolute Gasteiger partial charge is 0.165 e. The van der Waals surface area contributed by atoms with E-state index in [4.69, 9.17) is 15.3 Å². The van der Waals surface area contributed by atoms with E-state index in [1.807, 2.05) is 39.0 Å². The molecule has 0 unspecified atom stereocenters. The summed E-state index contributed by atoms with van der Waals surface area (Å²) in [6.45, 7) is 10.3. The molecule has 0 saturated carbocycles. The highest BCUT2D eigenvalue weighted by atomic mass is 16.5. The van der Waals surface area contributed by atoms with E-state index in [1.54, 1.807) is 6.21 Å². The molecule has 0 aliphatic rings. The third kappa shape index (κ3) is 4.32. The molecule has 0 aliphatic carbocycles. The van der Waals surface area contributed by atoms with Crippen LogP contribution in [0.15, 0.2) is 29.9 Å². The zero-order valence-corrected chi connectivity index (χ0v) is 11.8. The van der Waals surface area contributed by atoms with Crippen molar-refractivity contribution >= 4 is 6.21 Å². The number of ether oxygens (including phenoxy) is 2. The molecule has 0 radical (unpaired) electrons. The summed E-state index contributed by atoms with van der Waals surface area (Å²) in [6.07, 6.45) is 4.21. The Bertz CT molecular complexity index is 454. The minimum atomic E-state index is 0.0804. The number of hydrazone groups is 1. The highest BCUT2D eigenvalue weighted by Gasteiger charge is 2.14. The van der Waals surface area contributed by atoms with E-state index in [0.717, 1.165) is 16.9 Å². The van der Waals surface area contributed by atoms with E-state index in [1.165, 1.54) is 0 Å². The van der Waals surface area contributed by atoms with Crippen LogP contribution in [-0.4, -0.2) is 18.9 Å².